The van der Waals surface area contributed by atoms with Crippen LogP contribution in [0, 0.1) is 6.10 Å². The van der Waals surface area contributed by atoms with Gasteiger partial charge in [0.25, 0.3) is 0 Å². The van der Waals surface area contributed by atoms with Crippen molar-refractivity contribution >= 4 is 18.4 Å². The molecule has 0 unspecified atom stereocenters. The predicted molar refractivity (Wildman–Crippen MR) is 43.3 cm³/mol. The molecule has 6 heteroatoms. The zero-order valence-corrected chi connectivity index (χ0v) is 7.86. The highest BCUT2D eigenvalue weighted by molar-refractivity contribution is 6.08. The molecule has 0 aliphatic carbocycles. The fraction of sp³-hybridized carbons (Fsp3) is 0.500. The molecule has 0 spiro atoms. The molecule has 0 amide bonds. The molecule has 0 bridgehead atoms. The van der Waals surface area contributed by atoms with E-state index in [9.17, 15) is 14.4 Å². The van der Waals surface area contributed by atoms with Gasteiger partial charge in [-0.25, -0.2) is 14.4 Å². The summed E-state index contributed by atoms with van der Waals surface area (Å²) < 4.78 is 12.9. The van der Waals surface area contributed by atoms with Crippen molar-refractivity contribution in [1.29, 1.82) is 0 Å². The Labute approximate surface area is 81.1 Å². The Hall–Kier alpha value is -1.59. The van der Waals surface area contributed by atoms with Gasteiger partial charge < -0.3 is 14.2 Å². The van der Waals surface area contributed by atoms with Crippen LogP contribution in [0.1, 0.15) is 13.8 Å². The molecule has 0 saturated carbocycles. The average molecular weight is 202 g/mol. The molecule has 0 aromatic carbocycles. The van der Waals surface area contributed by atoms with Crippen LogP contribution < -0.4 is 0 Å². The number of hydrogen-bond donors (Lipinski definition) is 0. The second-order valence-electron chi connectivity index (χ2n) is 1.96. The Morgan fingerprint density at radius 3 is 1.79 bits per heavy atom. The van der Waals surface area contributed by atoms with Crippen LogP contribution in [0.5, 0.6) is 0 Å². The van der Waals surface area contributed by atoms with Gasteiger partial charge in [0.05, 0.1) is 13.2 Å². The van der Waals surface area contributed by atoms with Crippen molar-refractivity contribution in [2.45, 2.75) is 13.8 Å². The number of esters is 2. The van der Waals surface area contributed by atoms with Gasteiger partial charge in [-0.05, 0) is 13.8 Å². The third-order valence-corrected chi connectivity index (χ3v) is 1.07. The number of hydrogen-bond acceptors (Lipinski definition) is 6. The summed E-state index contributed by atoms with van der Waals surface area (Å²) in [4.78, 5) is 31.8. The van der Waals surface area contributed by atoms with Gasteiger partial charge in [-0.15, -0.1) is 0 Å². The van der Waals surface area contributed by atoms with Crippen LogP contribution in [-0.4, -0.2) is 31.6 Å². The fourth-order valence-electron chi connectivity index (χ4n) is 0.602. The topological polar surface area (TPSA) is 78.9 Å². The molecule has 0 heterocycles. The highest BCUT2D eigenvalue weighted by Gasteiger charge is 2.34. The van der Waals surface area contributed by atoms with Crippen LogP contribution in [0.3, 0.4) is 0 Å². The summed E-state index contributed by atoms with van der Waals surface area (Å²) in [6.45, 7) is 4.17. The van der Waals surface area contributed by atoms with E-state index in [1.165, 1.54) is 0 Å². The number of ether oxygens (including phenoxy) is 3. The quantitative estimate of drug-likeness (QED) is 0.335. The summed E-state index contributed by atoms with van der Waals surface area (Å²) in [5.74, 6) is -2.09. The largest absolute Gasteiger partial charge is 0.462 e. The van der Waals surface area contributed by atoms with E-state index < -0.39 is 18.0 Å². The molecule has 0 aromatic heterocycles. The molecular formula is C8H10O6. The molecule has 0 N–H and O–H groups in total. The lowest BCUT2D eigenvalue weighted by atomic mass is 10.3. The molecule has 0 rings (SSSR count). The highest BCUT2D eigenvalue weighted by Crippen LogP contribution is 2.06. The fourth-order valence-corrected chi connectivity index (χ4v) is 0.602. The Morgan fingerprint density at radius 2 is 1.50 bits per heavy atom. The van der Waals surface area contributed by atoms with Gasteiger partial charge in [0.2, 0.25) is 0 Å². The molecule has 0 fully saturated rings. The van der Waals surface area contributed by atoms with Crippen molar-refractivity contribution in [1.82, 2.24) is 0 Å². The van der Waals surface area contributed by atoms with Gasteiger partial charge in [0, 0.05) is 0 Å². The van der Waals surface area contributed by atoms with Gasteiger partial charge in [-0.2, -0.15) is 0 Å². The number of carbonyl (C=O) groups is 2. The predicted octanol–water partition coefficient (Wildman–Crippen LogP) is -0.272. The van der Waals surface area contributed by atoms with Crippen molar-refractivity contribution in [3.8, 4) is 0 Å². The van der Waals surface area contributed by atoms with Crippen molar-refractivity contribution in [2.24, 2.45) is 0 Å². The minimum absolute atomic E-state index is 0.0595. The van der Waals surface area contributed by atoms with Crippen LogP contribution in [-0.2, 0) is 28.6 Å². The van der Waals surface area contributed by atoms with E-state index >= 15 is 0 Å². The minimum Gasteiger partial charge on any atom is -0.462 e. The van der Waals surface area contributed by atoms with Gasteiger partial charge in [0.15, 0.2) is 0 Å². The summed E-state index contributed by atoms with van der Waals surface area (Å²) >= 11 is 0. The lowest BCUT2D eigenvalue weighted by molar-refractivity contribution is -0.157. The standard InChI is InChI=1S/C8H10O6/c1-3-12-7(10)6(14-5-9)8(11)13-4-2/h3-4H2,1-2H3. The Kier molecular flexibility index (Phi) is 6.09. The third-order valence-electron chi connectivity index (χ3n) is 1.07. The second-order valence-corrected chi connectivity index (χ2v) is 1.96. The molecule has 0 atom stereocenters. The van der Waals surface area contributed by atoms with Crippen molar-refractivity contribution < 1.29 is 28.6 Å². The Morgan fingerprint density at radius 1 is 1.07 bits per heavy atom. The summed E-state index contributed by atoms with van der Waals surface area (Å²) in [6.07, 6.45) is -0.816. The normalized spacial score (nSPS) is 9.36. The van der Waals surface area contributed by atoms with Gasteiger partial charge in [-0.3, -0.25) is 0 Å². The number of carbonyl (C=O) groups excluding carboxylic acids is 3. The zero-order chi connectivity index (χ0) is 11.0. The molecule has 6 nitrogen and oxygen atoms in total. The first-order valence-corrected chi connectivity index (χ1v) is 3.92. The summed E-state index contributed by atoms with van der Waals surface area (Å²) in [5.41, 5.74) is 0. The van der Waals surface area contributed by atoms with Gasteiger partial charge in [0.1, 0.15) is 0 Å². The smallest absolute Gasteiger partial charge is 0.419 e. The van der Waals surface area contributed by atoms with Gasteiger partial charge >= 0.3 is 24.5 Å². The van der Waals surface area contributed by atoms with Gasteiger partial charge in [-0.1, -0.05) is 0 Å². The van der Waals surface area contributed by atoms with Crippen LogP contribution in [0.25, 0.3) is 0 Å². The van der Waals surface area contributed by atoms with E-state index in [0.717, 1.165) is 6.47 Å². The first kappa shape index (κ1) is 12.4. The molecule has 78 valence electrons. The average Bonchev–Trinajstić information content (AvgIpc) is 2.14. The van der Waals surface area contributed by atoms with Crippen LogP contribution >= 0.6 is 0 Å². The van der Waals surface area contributed by atoms with Crippen LogP contribution in [0.4, 0.5) is 0 Å². The maximum Gasteiger partial charge on any atom is 0.419 e. The van der Waals surface area contributed by atoms with E-state index in [2.05, 4.69) is 14.2 Å². The maximum atomic E-state index is 11.0. The van der Waals surface area contributed by atoms with E-state index in [1.54, 1.807) is 13.8 Å². The van der Waals surface area contributed by atoms with E-state index in [4.69, 9.17) is 0 Å². The molecule has 0 aliphatic rings. The van der Waals surface area contributed by atoms with Crippen molar-refractivity contribution in [2.75, 3.05) is 13.2 Å². The second kappa shape index (κ2) is 6.88. The molecule has 14 heavy (non-hydrogen) atoms. The lowest BCUT2D eigenvalue weighted by Crippen LogP contribution is -2.28. The Balaban J connectivity index is 4.33. The monoisotopic (exact) mass is 202 g/mol. The van der Waals surface area contributed by atoms with E-state index in [-0.39, 0.29) is 13.2 Å². The minimum atomic E-state index is -1.05. The van der Waals surface area contributed by atoms with Crippen molar-refractivity contribution in [3.05, 3.63) is 6.10 Å². The molecule has 0 saturated heterocycles. The Bertz CT molecular complexity index is 194. The maximum absolute atomic E-state index is 11.0. The first-order valence-electron chi connectivity index (χ1n) is 3.92. The van der Waals surface area contributed by atoms with E-state index in [0.29, 0.717) is 0 Å². The van der Waals surface area contributed by atoms with E-state index in [1.807, 2.05) is 0 Å². The number of rotatable bonds is 6. The summed E-state index contributed by atoms with van der Waals surface area (Å²) in [5, 5.41) is 0. The van der Waals surface area contributed by atoms with Crippen LogP contribution in [0.15, 0.2) is 0 Å². The third kappa shape index (κ3) is 3.88. The highest BCUT2D eigenvalue weighted by atomic mass is 16.6. The van der Waals surface area contributed by atoms with Crippen molar-refractivity contribution in [3.63, 3.8) is 0 Å². The SMILES string of the molecule is CCOC(=O)[C](O[C]=O)C(=O)OCC. The lowest BCUT2D eigenvalue weighted by Gasteiger charge is -2.09. The molecule has 0 aliphatic heterocycles. The summed E-state index contributed by atoms with van der Waals surface area (Å²) in [6, 6.07) is 0. The first-order chi connectivity index (χ1) is 6.67. The molecular weight excluding hydrogens is 192 g/mol. The summed E-state index contributed by atoms with van der Waals surface area (Å²) in [7, 11) is 0. The van der Waals surface area contributed by atoms with Crippen LogP contribution in [0.2, 0.25) is 0 Å². The zero-order valence-electron chi connectivity index (χ0n) is 7.86. The molecule has 2 radical (unpaired) electrons. The molecule has 0 aromatic rings.